The Morgan fingerprint density at radius 2 is 2.29 bits per heavy atom. The lowest BCUT2D eigenvalue weighted by Crippen LogP contribution is -2.09. The van der Waals surface area contributed by atoms with Gasteiger partial charge in [-0.1, -0.05) is 0 Å². The second-order valence-corrected chi connectivity index (χ2v) is 5.26. The van der Waals surface area contributed by atoms with Crippen LogP contribution in [0.5, 0.6) is 0 Å². The maximum Gasteiger partial charge on any atom is 0.277 e. The molecule has 2 aromatic rings. The minimum Gasteiger partial charge on any atom is -0.384 e. The summed E-state index contributed by atoms with van der Waals surface area (Å²) in [6.45, 7) is 2.52. The summed E-state index contributed by atoms with van der Waals surface area (Å²) in [7, 11) is 0. The first-order chi connectivity index (χ1) is 10.3. The molecule has 0 spiro atoms. The lowest BCUT2D eigenvalue weighted by atomic mass is 10.0. The molecule has 1 unspecified atom stereocenters. The third-order valence-corrected chi connectivity index (χ3v) is 3.88. The Kier molecular flexibility index (Phi) is 3.96. The van der Waals surface area contributed by atoms with Gasteiger partial charge in [0, 0.05) is 49.3 Å². The van der Waals surface area contributed by atoms with Gasteiger partial charge in [-0.15, -0.1) is 0 Å². The second kappa shape index (κ2) is 6.05. The molecule has 0 bridgehead atoms. The van der Waals surface area contributed by atoms with Crippen molar-refractivity contribution < 1.29 is 9.66 Å². The summed E-state index contributed by atoms with van der Waals surface area (Å²) in [5, 5.41) is 15.8. The quantitative estimate of drug-likeness (QED) is 0.675. The molecule has 1 aromatic heterocycles. The number of benzene rings is 1. The zero-order chi connectivity index (χ0) is 14.7. The molecule has 6 nitrogen and oxygen atoms in total. The second-order valence-electron chi connectivity index (χ2n) is 5.26. The lowest BCUT2D eigenvalue weighted by Gasteiger charge is -2.12. The molecule has 110 valence electrons. The molecule has 1 saturated heterocycles. The minimum atomic E-state index is -0.359. The highest BCUT2D eigenvalue weighted by Crippen LogP contribution is 2.30. The van der Waals surface area contributed by atoms with Crippen LogP contribution >= 0.6 is 0 Å². The van der Waals surface area contributed by atoms with Crippen molar-refractivity contribution >= 4 is 22.1 Å². The van der Waals surface area contributed by atoms with Crippen molar-refractivity contribution in [2.45, 2.75) is 12.8 Å². The van der Waals surface area contributed by atoms with Gasteiger partial charge in [-0.25, -0.2) is 0 Å². The molecule has 21 heavy (non-hydrogen) atoms. The molecule has 0 amide bonds. The molecule has 6 heteroatoms. The number of nitrogens with one attached hydrogen (secondary N) is 1. The number of rotatable bonds is 5. The SMILES string of the molecule is O=[N+]([O-])c1ccc(NCCC2CCOC2)c2cnccc12. The standard InChI is InChI=1S/C15H17N3O3/c19-18(20)15-2-1-14(13-9-16-6-4-12(13)15)17-7-3-11-5-8-21-10-11/h1-2,4,6,9,11,17H,3,5,7-8,10H2. The van der Waals surface area contributed by atoms with Crippen LogP contribution in [0.1, 0.15) is 12.8 Å². The van der Waals surface area contributed by atoms with Gasteiger partial charge >= 0.3 is 0 Å². The van der Waals surface area contributed by atoms with E-state index < -0.39 is 0 Å². The highest BCUT2D eigenvalue weighted by atomic mass is 16.6. The van der Waals surface area contributed by atoms with Crippen molar-refractivity contribution in [3.05, 3.63) is 40.7 Å². The van der Waals surface area contributed by atoms with Crippen LogP contribution in [0.4, 0.5) is 11.4 Å². The topological polar surface area (TPSA) is 77.3 Å². The van der Waals surface area contributed by atoms with Gasteiger partial charge in [-0.2, -0.15) is 0 Å². The van der Waals surface area contributed by atoms with E-state index in [2.05, 4.69) is 10.3 Å². The van der Waals surface area contributed by atoms with Crippen LogP contribution in [0.3, 0.4) is 0 Å². The molecule has 1 aromatic carbocycles. The Hall–Kier alpha value is -2.21. The Morgan fingerprint density at radius 1 is 1.38 bits per heavy atom. The molecule has 1 N–H and O–H groups in total. The summed E-state index contributed by atoms with van der Waals surface area (Å²) in [5.41, 5.74) is 1.00. The Bertz CT molecular complexity index is 654. The van der Waals surface area contributed by atoms with E-state index in [4.69, 9.17) is 4.74 Å². The normalized spacial score (nSPS) is 18.0. The van der Waals surface area contributed by atoms with E-state index in [1.807, 2.05) is 0 Å². The van der Waals surface area contributed by atoms with Gasteiger partial charge in [0.2, 0.25) is 0 Å². The molecule has 0 radical (unpaired) electrons. The number of anilines is 1. The number of aromatic nitrogens is 1. The smallest absolute Gasteiger partial charge is 0.277 e. The lowest BCUT2D eigenvalue weighted by molar-refractivity contribution is -0.383. The molecule has 0 saturated carbocycles. The van der Waals surface area contributed by atoms with Gasteiger partial charge in [0.15, 0.2) is 0 Å². The van der Waals surface area contributed by atoms with Gasteiger partial charge in [0.25, 0.3) is 5.69 Å². The third kappa shape index (κ3) is 2.95. The fourth-order valence-corrected chi connectivity index (χ4v) is 2.71. The largest absolute Gasteiger partial charge is 0.384 e. The molecule has 1 fully saturated rings. The number of fused-ring (bicyclic) bond motifs is 1. The monoisotopic (exact) mass is 287 g/mol. The summed E-state index contributed by atoms with van der Waals surface area (Å²) >= 11 is 0. The van der Waals surface area contributed by atoms with Crippen molar-refractivity contribution in [3.63, 3.8) is 0 Å². The van der Waals surface area contributed by atoms with Crippen LogP contribution in [0.25, 0.3) is 10.8 Å². The summed E-state index contributed by atoms with van der Waals surface area (Å²) in [6.07, 6.45) is 5.40. The minimum absolute atomic E-state index is 0.113. The van der Waals surface area contributed by atoms with Crippen molar-refractivity contribution in [2.24, 2.45) is 5.92 Å². The fraction of sp³-hybridized carbons (Fsp3) is 0.400. The summed E-state index contributed by atoms with van der Waals surface area (Å²) in [6, 6.07) is 4.99. The Morgan fingerprint density at radius 3 is 3.05 bits per heavy atom. The maximum atomic E-state index is 11.1. The first kappa shape index (κ1) is 13.8. The summed E-state index contributed by atoms with van der Waals surface area (Å²) in [4.78, 5) is 14.8. The zero-order valence-corrected chi connectivity index (χ0v) is 11.6. The van der Waals surface area contributed by atoms with E-state index in [0.717, 1.165) is 43.7 Å². The van der Waals surface area contributed by atoms with Crippen LogP contribution in [0.2, 0.25) is 0 Å². The van der Waals surface area contributed by atoms with Gasteiger partial charge in [-0.3, -0.25) is 15.1 Å². The van der Waals surface area contributed by atoms with Gasteiger partial charge in [-0.05, 0) is 30.9 Å². The summed E-state index contributed by atoms with van der Waals surface area (Å²) in [5.74, 6) is 0.611. The number of nitro groups is 1. The molecule has 3 rings (SSSR count). The number of hydrogen-bond acceptors (Lipinski definition) is 5. The number of nitrogens with zero attached hydrogens (tertiary/aromatic N) is 2. The average Bonchev–Trinajstić information content (AvgIpc) is 3.00. The van der Waals surface area contributed by atoms with Crippen LogP contribution in [-0.2, 0) is 4.74 Å². The molecule has 2 heterocycles. The molecular formula is C15H17N3O3. The average molecular weight is 287 g/mol. The number of non-ortho nitro benzene ring substituents is 1. The first-order valence-electron chi connectivity index (χ1n) is 7.08. The van der Waals surface area contributed by atoms with E-state index in [1.165, 1.54) is 0 Å². The Balaban J connectivity index is 1.79. The van der Waals surface area contributed by atoms with E-state index in [0.29, 0.717) is 11.3 Å². The molecule has 0 aliphatic carbocycles. The van der Waals surface area contributed by atoms with Crippen LogP contribution < -0.4 is 5.32 Å². The Labute approximate surface area is 122 Å². The van der Waals surface area contributed by atoms with E-state index in [-0.39, 0.29) is 10.6 Å². The maximum absolute atomic E-state index is 11.1. The van der Waals surface area contributed by atoms with Gasteiger partial charge in [0.1, 0.15) is 0 Å². The predicted molar refractivity (Wildman–Crippen MR) is 80.4 cm³/mol. The predicted octanol–water partition coefficient (Wildman–Crippen LogP) is 2.98. The van der Waals surface area contributed by atoms with E-state index >= 15 is 0 Å². The number of ether oxygens (including phenoxy) is 1. The number of nitro benzene ring substituents is 1. The first-order valence-corrected chi connectivity index (χ1v) is 7.08. The van der Waals surface area contributed by atoms with E-state index in [9.17, 15) is 10.1 Å². The highest BCUT2D eigenvalue weighted by Gasteiger charge is 2.16. The van der Waals surface area contributed by atoms with Gasteiger partial charge < -0.3 is 10.1 Å². The summed E-state index contributed by atoms with van der Waals surface area (Å²) < 4.78 is 5.36. The van der Waals surface area contributed by atoms with Crippen molar-refractivity contribution in [2.75, 3.05) is 25.1 Å². The molecule has 1 aliphatic rings. The number of pyridine rings is 1. The van der Waals surface area contributed by atoms with Crippen molar-refractivity contribution in [1.29, 1.82) is 0 Å². The number of hydrogen-bond donors (Lipinski definition) is 1. The van der Waals surface area contributed by atoms with Gasteiger partial charge in [0.05, 0.1) is 10.3 Å². The fourth-order valence-electron chi connectivity index (χ4n) is 2.71. The molecule has 1 atom stereocenters. The molecule has 1 aliphatic heterocycles. The van der Waals surface area contributed by atoms with Crippen molar-refractivity contribution in [1.82, 2.24) is 4.98 Å². The zero-order valence-electron chi connectivity index (χ0n) is 11.6. The molecular weight excluding hydrogens is 270 g/mol. The van der Waals surface area contributed by atoms with E-state index in [1.54, 1.807) is 30.6 Å². The van der Waals surface area contributed by atoms with Crippen molar-refractivity contribution in [3.8, 4) is 0 Å². The van der Waals surface area contributed by atoms with Crippen LogP contribution in [0.15, 0.2) is 30.6 Å². The van der Waals surface area contributed by atoms with Crippen LogP contribution in [-0.4, -0.2) is 29.7 Å². The highest BCUT2D eigenvalue weighted by molar-refractivity contribution is 5.99. The van der Waals surface area contributed by atoms with Crippen LogP contribution in [0, 0.1) is 16.0 Å². The third-order valence-electron chi connectivity index (χ3n) is 3.88.